The van der Waals surface area contributed by atoms with Crippen LogP contribution in [0.2, 0.25) is 0 Å². The summed E-state index contributed by atoms with van der Waals surface area (Å²) in [5.41, 5.74) is 0.443. The Hall–Kier alpha value is -2.20. The Kier molecular flexibility index (Phi) is 6.74. The van der Waals surface area contributed by atoms with Crippen molar-refractivity contribution in [3.8, 4) is 0 Å². The molecule has 0 aliphatic carbocycles. The Balaban J connectivity index is 1.66. The van der Waals surface area contributed by atoms with E-state index in [9.17, 15) is 13.2 Å². The third-order valence-corrected chi connectivity index (χ3v) is 6.85. The normalized spacial score (nSPS) is 16.7. The maximum Gasteiger partial charge on any atom is 0.243 e. The van der Waals surface area contributed by atoms with Crippen molar-refractivity contribution in [2.75, 3.05) is 38.7 Å². The number of hydrogen-bond acceptors (Lipinski definition) is 6. The van der Waals surface area contributed by atoms with E-state index < -0.39 is 16.1 Å². The molecule has 1 amide bonds. The largest absolute Gasteiger partial charge is 0.465 e. The van der Waals surface area contributed by atoms with E-state index in [1.807, 2.05) is 31.0 Å². The Labute approximate surface area is 171 Å². The van der Waals surface area contributed by atoms with Gasteiger partial charge in [-0.25, -0.2) is 8.42 Å². The van der Waals surface area contributed by atoms with Crippen molar-refractivity contribution >= 4 is 21.6 Å². The lowest BCUT2D eigenvalue weighted by Crippen LogP contribution is -2.40. The molecule has 1 N–H and O–H groups in total. The zero-order valence-electron chi connectivity index (χ0n) is 16.9. The summed E-state index contributed by atoms with van der Waals surface area (Å²) in [7, 11) is -1.78. The summed E-state index contributed by atoms with van der Waals surface area (Å²) in [6.07, 6.45) is 0. The first-order chi connectivity index (χ1) is 13.8. The van der Waals surface area contributed by atoms with Crippen LogP contribution in [-0.2, 0) is 26.1 Å². The fourth-order valence-electron chi connectivity index (χ4n) is 3.07. The number of nitrogens with one attached hydrogen (secondary N) is 1. The van der Waals surface area contributed by atoms with E-state index in [4.69, 9.17) is 9.15 Å². The summed E-state index contributed by atoms with van der Waals surface area (Å²) in [5.74, 6) is 1.38. The van der Waals surface area contributed by atoms with Gasteiger partial charge in [0, 0.05) is 18.8 Å². The van der Waals surface area contributed by atoms with Crippen molar-refractivity contribution in [3.63, 3.8) is 0 Å². The van der Waals surface area contributed by atoms with Crippen LogP contribution < -0.4 is 5.32 Å². The number of hydrogen-bond donors (Lipinski definition) is 1. The van der Waals surface area contributed by atoms with Gasteiger partial charge >= 0.3 is 0 Å². The summed E-state index contributed by atoms with van der Waals surface area (Å²) >= 11 is 0. The number of carbonyl (C=O) groups excluding carboxylic acids is 1. The number of likely N-dealkylation sites (N-methyl/N-ethyl adjacent to an activating group) is 1. The molecule has 9 heteroatoms. The van der Waals surface area contributed by atoms with Crippen LogP contribution in [-0.4, -0.2) is 62.9 Å². The highest BCUT2D eigenvalue weighted by atomic mass is 32.2. The zero-order chi connectivity index (χ0) is 21.0. The number of morpholine rings is 1. The van der Waals surface area contributed by atoms with Gasteiger partial charge in [-0.2, -0.15) is 4.31 Å². The Morgan fingerprint density at radius 3 is 2.62 bits per heavy atom. The molecule has 0 spiro atoms. The van der Waals surface area contributed by atoms with Crippen LogP contribution in [0.1, 0.15) is 18.4 Å². The van der Waals surface area contributed by atoms with Gasteiger partial charge in [-0.05, 0) is 51.2 Å². The molecule has 0 unspecified atom stereocenters. The maximum absolute atomic E-state index is 12.8. The van der Waals surface area contributed by atoms with Gasteiger partial charge in [-0.15, -0.1) is 0 Å². The van der Waals surface area contributed by atoms with E-state index in [1.54, 1.807) is 19.1 Å². The number of sulfonamides is 1. The van der Waals surface area contributed by atoms with Gasteiger partial charge in [-0.1, -0.05) is 6.07 Å². The summed E-state index contributed by atoms with van der Waals surface area (Å²) in [6, 6.07) is 9.67. The molecule has 158 valence electrons. The van der Waals surface area contributed by atoms with Crippen molar-refractivity contribution in [3.05, 3.63) is 47.9 Å². The first-order valence-electron chi connectivity index (χ1n) is 9.52. The highest BCUT2D eigenvalue weighted by molar-refractivity contribution is 7.89. The summed E-state index contributed by atoms with van der Waals surface area (Å²) < 4.78 is 37.8. The molecule has 0 bridgehead atoms. The van der Waals surface area contributed by atoms with Gasteiger partial charge in [0.2, 0.25) is 15.9 Å². The maximum atomic E-state index is 12.8. The fourth-order valence-corrected chi connectivity index (χ4v) is 4.52. The molecule has 0 radical (unpaired) electrons. The quantitative estimate of drug-likeness (QED) is 0.736. The minimum absolute atomic E-state index is 0.157. The number of carbonyl (C=O) groups is 1. The summed E-state index contributed by atoms with van der Waals surface area (Å²) in [6.45, 7) is 5.58. The monoisotopic (exact) mass is 421 g/mol. The molecular weight excluding hydrogens is 394 g/mol. The number of aryl methyl sites for hydroxylation is 1. The minimum Gasteiger partial charge on any atom is -0.465 e. The lowest BCUT2D eigenvalue weighted by molar-refractivity contribution is -0.120. The highest BCUT2D eigenvalue weighted by Crippen LogP contribution is 2.21. The molecule has 1 aliphatic rings. The molecule has 29 heavy (non-hydrogen) atoms. The average molecular weight is 422 g/mol. The minimum atomic E-state index is -3.62. The number of rotatable bonds is 7. The number of nitrogens with zero attached hydrogens (tertiary/aromatic N) is 2. The molecule has 1 fully saturated rings. The number of anilines is 1. The smallest absolute Gasteiger partial charge is 0.243 e. The number of ether oxygens (including phenoxy) is 1. The fraction of sp³-hybridized carbons (Fsp3) is 0.450. The second-order valence-electron chi connectivity index (χ2n) is 7.14. The lowest BCUT2D eigenvalue weighted by atomic mass is 10.2. The molecule has 1 atom stereocenters. The predicted octanol–water partition coefficient (Wildman–Crippen LogP) is 2.07. The molecule has 1 aromatic heterocycles. The molecule has 1 saturated heterocycles. The van der Waals surface area contributed by atoms with Gasteiger partial charge in [0.1, 0.15) is 11.5 Å². The average Bonchev–Trinajstić information content (AvgIpc) is 3.12. The van der Waals surface area contributed by atoms with Crippen molar-refractivity contribution in [2.45, 2.75) is 31.3 Å². The van der Waals surface area contributed by atoms with E-state index in [0.717, 1.165) is 11.5 Å². The third kappa shape index (κ3) is 5.24. The molecule has 8 nitrogen and oxygen atoms in total. The summed E-state index contributed by atoms with van der Waals surface area (Å²) in [4.78, 5) is 14.7. The highest BCUT2D eigenvalue weighted by Gasteiger charge is 2.27. The zero-order valence-corrected chi connectivity index (χ0v) is 17.7. The first kappa shape index (κ1) is 21.5. The van der Waals surface area contributed by atoms with Crippen LogP contribution in [0.4, 0.5) is 5.69 Å². The molecule has 3 rings (SSSR count). The summed E-state index contributed by atoms with van der Waals surface area (Å²) in [5, 5.41) is 2.81. The number of benzene rings is 1. The van der Waals surface area contributed by atoms with Crippen LogP contribution in [0.3, 0.4) is 0 Å². The van der Waals surface area contributed by atoms with E-state index in [1.165, 1.54) is 16.4 Å². The predicted molar refractivity (Wildman–Crippen MR) is 109 cm³/mol. The van der Waals surface area contributed by atoms with Crippen molar-refractivity contribution < 1.29 is 22.4 Å². The number of amides is 1. The van der Waals surface area contributed by atoms with E-state index in [2.05, 4.69) is 5.32 Å². The second-order valence-corrected chi connectivity index (χ2v) is 9.07. The van der Waals surface area contributed by atoms with Crippen molar-refractivity contribution in [2.24, 2.45) is 0 Å². The van der Waals surface area contributed by atoms with Gasteiger partial charge in [0.25, 0.3) is 0 Å². The van der Waals surface area contributed by atoms with Crippen molar-refractivity contribution in [1.29, 1.82) is 0 Å². The van der Waals surface area contributed by atoms with Gasteiger partial charge in [0.05, 0.1) is 30.7 Å². The van der Waals surface area contributed by atoms with E-state index in [-0.39, 0.29) is 10.8 Å². The Bertz CT molecular complexity index is 951. The lowest BCUT2D eigenvalue weighted by Gasteiger charge is -2.26. The third-order valence-electron chi connectivity index (χ3n) is 4.95. The topological polar surface area (TPSA) is 92.1 Å². The van der Waals surface area contributed by atoms with Crippen LogP contribution in [0.5, 0.6) is 0 Å². The van der Waals surface area contributed by atoms with Crippen LogP contribution in [0.15, 0.2) is 45.7 Å². The van der Waals surface area contributed by atoms with E-state index in [0.29, 0.717) is 38.5 Å². The van der Waals surface area contributed by atoms with Crippen LogP contribution in [0.25, 0.3) is 0 Å². The van der Waals surface area contributed by atoms with Crippen LogP contribution >= 0.6 is 0 Å². The molecular formula is C20H27N3O5S. The number of furan rings is 1. The molecule has 2 aromatic rings. The molecule has 1 aliphatic heterocycles. The second kappa shape index (κ2) is 9.08. The van der Waals surface area contributed by atoms with Gasteiger partial charge in [-0.3, -0.25) is 9.69 Å². The molecule has 1 aromatic carbocycles. The molecule has 2 heterocycles. The SMILES string of the molecule is Cc1ccc(CN(C)[C@@H](C)C(=O)Nc2cccc(S(=O)(=O)N3CCOCC3)c2)o1. The standard InChI is InChI=1S/C20H27N3O5S/c1-15-7-8-18(28-15)14-22(3)16(2)20(24)21-17-5-4-6-19(13-17)29(25,26)23-9-11-27-12-10-23/h4-8,13,16H,9-12,14H2,1-3H3,(H,21,24)/t16-/m0/s1. The Morgan fingerprint density at radius 1 is 1.24 bits per heavy atom. The van der Waals surface area contributed by atoms with Crippen molar-refractivity contribution in [1.82, 2.24) is 9.21 Å². The van der Waals surface area contributed by atoms with Gasteiger partial charge < -0.3 is 14.5 Å². The Morgan fingerprint density at radius 2 is 1.97 bits per heavy atom. The van der Waals surface area contributed by atoms with Crippen LogP contribution in [0, 0.1) is 6.92 Å². The molecule has 0 saturated carbocycles. The first-order valence-corrected chi connectivity index (χ1v) is 11.0. The van der Waals surface area contributed by atoms with E-state index >= 15 is 0 Å². The van der Waals surface area contributed by atoms with Gasteiger partial charge in [0.15, 0.2) is 0 Å².